The van der Waals surface area contributed by atoms with Crippen LogP contribution in [-0.4, -0.2) is 6.54 Å². The maximum atomic E-state index is 14.0. The van der Waals surface area contributed by atoms with E-state index in [1.165, 1.54) is 18.2 Å². The highest BCUT2D eigenvalue weighted by atomic mass is 19.2. The predicted molar refractivity (Wildman–Crippen MR) is 73.0 cm³/mol. The Morgan fingerprint density at radius 3 is 2.33 bits per heavy atom. The molecule has 0 fully saturated rings. The SMILES string of the molecule is CCNC(c1cc(F)ccc1C)c1ccc(F)c(F)c1F. The van der Waals surface area contributed by atoms with Gasteiger partial charge in [0.2, 0.25) is 0 Å². The number of hydrogen-bond donors (Lipinski definition) is 1. The van der Waals surface area contributed by atoms with Crippen LogP contribution in [0.4, 0.5) is 17.6 Å². The Morgan fingerprint density at radius 1 is 0.952 bits per heavy atom. The molecule has 0 spiro atoms. The maximum absolute atomic E-state index is 14.0. The highest BCUT2D eigenvalue weighted by molar-refractivity contribution is 5.38. The van der Waals surface area contributed by atoms with Crippen molar-refractivity contribution in [3.05, 3.63) is 70.3 Å². The zero-order valence-electron chi connectivity index (χ0n) is 11.7. The summed E-state index contributed by atoms with van der Waals surface area (Å²) in [5, 5.41) is 2.97. The van der Waals surface area contributed by atoms with Crippen molar-refractivity contribution in [2.45, 2.75) is 19.9 Å². The minimum absolute atomic E-state index is 0.0514. The van der Waals surface area contributed by atoms with Crippen LogP contribution in [0.1, 0.15) is 29.7 Å². The normalized spacial score (nSPS) is 12.5. The molecule has 0 heterocycles. The fourth-order valence-electron chi connectivity index (χ4n) is 2.28. The van der Waals surface area contributed by atoms with Crippen molar-refractivity contribution < 1.29 is 17.6 Å². The number of benzene rings is 2. The lowest BCUT2D eigenvalue weighted by Gasteiger charge is -2.21. The second-order valence-electron chi connectivity index (χ2n) is 4.76. The van der Waals surface area contributed by atoms with Gasteiger partial charge in [0.25, 0.3) is 0 Å². The van der Waals surface area contributed by atoms with E-state index in [4.69, 9.17) is 0 Å². The van der Waals surface area contributed by atoms with Gasteiger partial charge in [-0.25, -0.2) is 17.6 Å². The minimum Gasteiger partial charge on any atom is -0.306 e. The highest BCUT2D eigenvalue weighted by Crippen LogP contribution is 2.29. The molecule has 2 rings (SSSR count). The summed E-state index contributed by atoms with van der Waals surface area (Å²) in [6, 6.07) is 5.42. The molecule has 0 saturated heterocycles. The first-order chi connectivity index (χ1) is 9.95. The van der Waals surface area contributed by atoms with Crippen LogP contribution in [0.5, 0.6) is 0 Å². The van der Waals surface area contributed by atoms with E-state index in [-0.39, 0.29) is 5.56 Å². The highest BCUT2D eigenvalue weighted by Gasteiger charge is 2.23. The van der Waals surface area contributed by atoms with Crippen LogP contribution >= 0.6 is 0 Å². The summed E-state index contributed by atoms with van der Waals surface area (Å²) in [5.74, 6) is -4.50. The van der Waals surface area contributed by atoms with E-state index in [1.54, 1.807) is 19.9 Å². The van der Waals surface area contributed by atoms with Crippen LogP contribution in [0.2, 0.25) is 0 Å². The first kappa shape index (κ1) is 15.5. The van der Waals surface area contributed by atoms with Crippen LogP contribution in [0.3, 0.4) is 0 Å². The molecular formula is C16H15F4N. The molecule has 2 aromatic carbocycles. The van der Waals surface area contributed by atoms with Crippen LogP contribution in [0.25, 0.3) is 0 Å². The Hall–Kier alpha value is -1.88. The molecule has 1 unspecified atom stereocenters. The minimum atomic E-state index is -1.52. The van der Waals surface area contributed by atoms with E-state index >= 15 is 0 Å². The molecule has 21 heavy (non-hydrogen) atoms. The lowest BCUT2D eigenvalue weighted by atomic mass is 9.94. The lowest BCUT2D eigenvalue weighted by molar-refractivity contribution is 0.433. The molecule has 1 atom stereocenters. The zero-order valence-corrected chi connectivity index (χ0v) is 11.7. The summed E-state index contributed by atoms with van der Waals surface area (Å²) in [7, 11) is 0. The molecule has 1 N–H and O–H groups in total. The number of nitrogens with one attached hydrogen (secondary N) is 1. The molecule has 0 aliphatic heterocycles. The first-order valence-electron chi connectivity index (χ1n) is 6.58. The second kappa shape index (κ2) is 6.26. The summed E-state index contributed by atoms with van der Waals surface area (Å²) in [5.41, 5.74) is 1.16. The fourth-order valence-corrected chi connectivity index (χ4v) is 2.28. The van der Waals surface area contributed by atoms with Crippen LogP contribution in [0.15, 0.2) is 30.3 Å². The van der Waals surface area contributed by atoms with Gasteiger partial charge in [0.15, 0.2) is 17.5 Å². The van der Waals surface area contributed by atoms with E-state index in [0.717, 1.165) is 11.6 Å². The summed E-state index contributed by atoms with van der Waals surface area (Å²) in [6.07, 6.45) is 0. The molecular weight excluding hydrogens is 282 g/mol. The molecule has 112 valence electrons. The standard InChI is InChI=1S/C16H15F4N/c1-3-21-16(12-8-10(17)5-4-9(12)2)11-6-7-13(18)15(20)14(11)19/h4-8,16,21H,3H2,1-2H3. The van der Waals surface area contributed by atoms with Crippen molar-refractivity contribution in [1.82, 2.24) is 5.32 Å². The maximum Gasteiger partial charge on any atom is 0.194 e. The van der Waals surface area contributed by atoms with Crippen LogP contribution in [-0.2, 0) is 0 Å². The molecule has 0 aliphatic carbocycles. The van der Waals surface area contributed by atoms with E-state index in [1.807, 2.05) is 0 Å². The quantitative estimate of drug-likeness (QED) is 0.657. The van der Waals surface area contributed by atoms with Gasteiger partial charge in [0.1, 0.15) is 5.82 Å². The van der Waals surface area contributed by atoms with E-state index < -0.39 is 29.3 Å². The zero-order chi connectivity index (χ0) is 15.6. The molecule has 5 heteroatoms. The Balaban J connectivity index is 2.59. The van der Waals surface area contributed by atoms with Gasteiger partial charge in [-0.05, 0) is 42.8 Å². The average Bonchev–Trinajstić information content (AvgIpc) is 2.46. The van der Waals surface area contributed by atoms with Crippen molar-refractivity contribution in [1.29, 1.82) is 0 Å². The van der Waals surface area contributed by atoms with Gasteiger partial charge in [0, 0.05) is 5.56 Å². The summed E-state index contributed by atoms with van der Waals surface area (Å²) in [4.78, 5) is 0. The van der Waals surface area contributed by atoms with Crippen molar-refractivity contribution in [3.63, 3.8) is 0 Å². The summed E-state index contributed by atoms with van der Waals surface area (Å²) < 4.78 is 54.0. The molecule has 1 nitrogen and oxygen atoms in total. The third-order valence-electron chi connectivity index (χ3n) is 3.34. The predicted octanol–water partition coefficient (Wildman–Crippen LogP) is 4.25. The van der Waals surface area contributed by atoms with E-state index in [2.05, 4.69) is 5.32 Å². The van der Waals surface area contributed by atoms with Gasteiger partial charge in [-0.15, -0.1) is 0 Å². The van der Waals surface area contributed by atoms with Crippen molar-refractivity contribution >= 4 is 0 Å². The second-order valence-corrected chi connectivity index (χ2v) is 4.76. The Morgan fingerprint density at radius 2 is 1.67 bits per heavy atom. The largest absolute Gasteiger partial charge is 0.306 e. The topological polar surface area (TPSA) is 12.0 Å². The average molecular weight is 297 g/mol. The number of aryl methyl sites for hydroxylation is 1. The van der Waals surface area contributed by atoms with Gasteiger partial charge in [0.05, 0.1) is 6.04 Å². The molecule has 0 saturated carbocycles. The van der Waals surface area contributed by atoms with E-state index in [9.17, 15) is 17.6 Å². The van der Waals surface area contributed by atoms with Gasteiger partial charge in [-0.1, -0.05) is 19.1 Å². The van der Waals surface area contributed by atoms with Gasteiger partial charge >= 0.3 is 0 Å². The first-order valence-corrected chi connectivity index (χ1v) is 6.58. The summed E-state index contributed by atoms with van der Waals surface area (Å²) in [6.45, 7) is 4.00. The summed E-state index contributed by atoms with van der Waals surface area (Å²) >= 11 is 0. The van der Waals surface area contributed by atoms with Crippen molar-refractivity contribution in [2.75, 3.05) is 6.54 Å². The molecule has 0 bridgehead atoms. The number of rotatable bonds is 4. The van der Waals surface area contributed by atoms with Crippen molar-refractivity contribution in [2.24, 2.45) is 0 Å². The monoisotopic (exact) mass is 297 g/mol. The fraction of sp³-hybridized carbons (Fsp3) is 0.250. The Bertz CT molecular complexity index is 655. The van der Waals surface area contributed by atoms with Gasteiger partial charge < -0.3 is 5.32 Å². The number of halogens is 4. The molecule has 0 amide bonds. The van der Waals surface area contributed by atoms with Crippen LogP contribution in [0, 0.1) is 30.2 Å². The molecule has 0 aliphatic rings. The molecule has 0 radical (unpaired) electrons. The van der Waals surface area contributed by atoms with E-state index in [0.29, 0.717) is 12.1 Å². The van der Waals surface area contributed by atoms with Gasteiger partial charge in [-0.2, -0.15) is 0 Å². The van der Waals surface area contributed by atoms with Crippen LogP contribution < -0.4 is 5.32 Å². The smallest absolute Gasteiger partial charge is 0.194 e. The third-order valence-corrected chi connectivity index (χ3v) is 3.34. The Labute approximate surface area is 120 Å². The third kappa shape index (κ3) is 3.08. The molecule has 0 aromatic heterocycles. The van der Waals surface area contributed by atoms with Gasteiger partial charge in [-0.3, -0.25) is 0 Å². The van der Waals surface area contributed by atoms with Crippen molar-refractivity contribution in [3.8, 4) is 0 Å². The number of hydrogen-bond acceptors (Lipinski definition) is 1. The molecule has 2 aromatic rings. The Kier molecular flexibility index (Phi) is 4.63. The lowest BCUT2D eigenvalue weighted by Crippen LogP contribution is -2.24.